The smallest absolute Gasteiger partial charge is 0.260 e. The van der Waals surface area contributed by atoms with Crippen LogP contribution < -0.4 is 5.32 Å². The second-order valence-corrected chi connectivity index (χ2v) is 4.55. The highest BCUT2D eigenvalue weighted by Gasteiger charge is 2.26. The fourth-order valence-electron chi connectivity index (χ4n) is 2.23. The van der Waals surface area contributed by atoms with E-state index in [0.29, 0.717) is 6.54 Å². The van der Waals surface area contributed by atoms with Crippen LogP contribution in [0.1, 0.15) is 23.2 Å². The maximum atomic E-state index is 13.6. The lowest BCUT2D eigenvalue weighted by atomic mass is 10.0. The topological polar surface area (TPSA) is 52.6 Å². The zero-order chi connectivity index (χ0) is 13.1. The maximum absolute atomic E-state index is 13.6. The normalized spacial score (nSPS) is 19.6. The number of benzene rings is 1. The van der Waals surface area contributed by atoms with E-state index in [4.69, 9.17) is 0 Å². The maximum Gasteiger partial charge on any atom is 0.260 e. The number of carbonyl (C=O) groups excluding carboxylic acids is 1. The molecule has 0 radical (unpaired) electrons. The minimum absolute atomic E-state index is 0.0465. The van der Waals surface area contributed by atoms with E-state index in [2.05, 4.69) is 5.32 Å². The molecule has 4 nitrogen and oxygen atoms in total. The Bertz CT molecular complexity index is 424. The molecule has 1 amide bonds. The molecule has 0 aliphatic carbocycles. The predicted molar refractivity (Wildman–Crippen MR) is 66.1 cm³/mol. The summed E-state index contributed by atoms with van der Waals surface area (Å²) in [6.45, 7) is 1.65. The third-order valence-corrected chi connectivity index (χ3v) is 3.34. The van der Waals surface area contributed by atoms with Crippen molar-refractivity contribution in [2.24, 2.45) is 0 Å². The van der Waals surface area contributed by atoms with Gasteiger partial charge in [0.2, 0.25) is 0 Å². The van der Waals surface area contributed by atoms with Crippen molar-refractivity contribution < 1.29 is 14.3 Å². The molecule has 1 aliphatic heterocycles. The van der Waals surface area contributed by atoms with Gasteiger partial charge in [-0.05, 0) is 31.5 Å². The van der Waals surface area contributed by atoms with Gasteiger partial charge in [-0.1, -0.05) is 6.07 Å². The average molecular weight is 252 g/mol. The number of phenols is 1. The molecule has 0 bridgehead atoms. The number of phenolic OH excluding ortho intramolecular Hbond substituents is 1. The van der Waals surface area contributed by atoms with Gasteiger partial charge in [-0.25, -0.2) is 4.39 Å². The summed E-state index contributed by atoms with van der Waals surface area (Å²) < 4.78 is 13.6. The zero-order valence-corrected chi connectivity index (χ0v) is 10.3. The van der Waals surface area contributed by atoms with Gasteiger partial charge in [0.15, 0.2) is 0 Å². The van der Waals surface area contributed by atoms with Crippen LogP contribution in [-0.4, -0.2) is 42.1 Å². The summed E-state index contributed by atoms with van der Waals surface area (Å²) in [5, 5.41) is 12.8. The quantitative estimate of drug-likeness (QED) is 0.835. The first-order valence-electron chi connectivity index (χ1n) is 6.06. The van der Waals surface area contributed by atoms with E-state index in [1.165, 1.54) is 23.1 Å². The fourth-order valence-corrected chi connectivity index (χ4v) is 2.23. The third-order valence-electron chi connectivity index (χ3n) is 3.34. The minimum Gasteiger partial charge on any atom is -0.507 e. The van der Waals surface area contributed by atoms with Gasteiger partial charge in [-0.3, -0.25) is 4.79 Å². The van der Waals surface area contributed by atoms with Crippen LogP contribution in [0, 0.1) is 5.82 Å². The SMILES string of the molecule is CN(C(=O)c1c(O)cccc1F)C1CCCNC1. The minimum atomic E-state index is -0.685. The van der Waals surface area contributed by atoms with Gasteiger partial charge in [0.1, 0.15) is 17.1 Å². The van der Waals surface area contributed by atoms with Gasteiger partial charge in [-0.15, -0.1) is 0 Å². The van der Waals surface area contributed by atoms with Crippen molar-refractivity contribution in [2.75, 3.05) is 20.1 Å². The predicted octanol–water partition coefficient (Wildman–Crippen LogP) is 1.36. The molecule has 1 heterocycles. The summed E-state index contributed by atoms with van der Waals surface area (Å²) >= 11 is 0. The van der Waals surface area contributed by atoms with Gasteiger partial charge < -0.3 is 15.3 Å². The van der Waals surface area contributed by atoms with E-state index in [1.54, 1.807) is 7.05 Å². The van der Waals surface area contributed by atoms with Crippen LogP contribution in [0.15, 0.2) is 18.2 Å². The van der Waals surface area contributed by atoms with E-state index in [0.717, 1.165) is 19.4 Å². The fraction of sp³-hybridized carbons (Fsp3) is 0.462. The molecule has 1 atom stereocenters. The van der Waals surface area contributed by atoms with Crippen LogP contribution in [-0.2, 0) is 0 Å². The Hall–Kier alpha value is -1.62. The van der Waals surface area contributed by atoms with Crippen LogP contribution >= 0.6 is 0 Å². The number of hydrogen-bond acceptors (Lipinski definition) is 3. The summed E-state index contributed by atoms with van der Waals surface area (Å²) in [7, 11) is 1.64. The highest BCUT2D eigenvalue weighted by Crippen LogP contribution is 2.23. The van der Waals surface area contributed by atoms with Crippen LogP contribution in [0.2, 0.25) is 0 Å². The lowest BCUT2D eigenvalue weighted by Gasteiger charge is -2.31. The van der Waals surface area contributed by atoms with Gasteiger partial charge in [-0.2, -0.15) is 0 Å². The molecule has 0 saturated carbocycles. The lowest BCUT2D eigenvalue weighted by Crippen LogP contribution is -2.46. The highest BCUT2D eigenvalue weighted by atomic mass is 19.1. The second kappa shape index (κ2) is 5.35. The number of nitrogens with one attached hydrogen (secondary N) is 1. The molecule has 1 saturated heterocycles. The molecule has 2 N–H and O–H groups in total. The number of amides is 1. The van der Waals surface area contributed by atoms with Crippen molar-refractivity contribution in [3.8, 4) is 5.75 Å². The molecule has 0 aromatic heterocycles. The Kier molecular flexibility index (Phi) is 3.81. The first kappa shape index (κ1) is 12.8. The van der Waals surface area contributed by atoms with Gasteiger partial charge in [0.05, 0.1) is 0 Å². The molecule has 0 spiro atoms. The van der Waals surface area contributed by atoms with E-state index < -0.39 is 11.7 Å². The number of hydrogen-bond donors (Lipinski definition) is 2. The van der Waals surface area contributed by atoms with Gasteiger partial charge >= 0.3 is 0 Å². The molecule has 5 heteroatoms. The van der Waals surface area contributed by atoms with Crippen molar-refractivity contribution in [3.63, 3.8) is 0 Å². The lowest BCUT2D eigenvalue weighted by molar-refractivity contribution is 0.0700. The van der Waals surface area contributed by atoms with Crippen LogP contribution in [0.25, 0.3) is 0 Å². The first-order chi connectivity index (χ1) is 8.61. The highest BCUT2D eigenvalue weighted by molar-refractivity contribution is 5.97. The Morgan fingerprint density at radius 3 is 2.94 bits per heavy atom. The summed E-state index contributed by atoms with van der Waals surface area (Å²) in [6, 6.07) is 3.93. The number of carbonyl (C=O) groups is 1. The number of nitrogens with zero attached hydrogens (tertiary/aromatic N) is 1. The van der Waals surface area contributed by atoms with Crippen LogP contribution in [0.3, 0.4) is 0 Å². The van der Waals surface area contributed by atoms with Crippen molar-refractivity contribution in [1.29, 1.82) is 0 Å². The van der Waals surface area contributed by atoms with E-state index in [1.807, 2.05) is 0 Å². The largest absolute Gasteiger partial charge is 0.507 e. The molecule has 18 heavy (non-hydrogen) atoms. The average Bonchev–Trinajstić information content (AvgIpc) is 2.38. The van der Waals surface area contributed by atoms with Gasteiger partial charge in [0, 0.05) is 19.6 Å². The number of likely N-dealkylation sites (N-methyl/N-ethyl adjacent to an activating group) is 1. The monoisotopic (exact) mass is 252 g/mol. The Morgan fingerprint density at radius 2 is 2.33 bits per heavy atom. The van der Waals surface area contributed by atoms with Gasteiger partial charge in [0.25, 0.3) is 5.91 Å². The number of piperidine rings is 1. The Morgan fingerprint density at radius 1 is 1.56 bits per heavy atom. The van der Waals surface area contributed by atoms with E-state index in [-0.39, 0.29) is 17.4 Å². The Labute approximate surface area is 105 Å². The number of rotatable bonds is 2. The van der Waals surface area contributed by atoms with Crippen molar-refractivity contribution >= 4 is 5.91 Å². The summed E-state index contributed by atoms with van der Waals surface area (Å²) in [5.41, 5.74) is -0.245. The molecule has 1 fully saturated rings. The van der Waals surface area contributed by atoms with Crippen LogP contribution in [0.4, 0.5) is 4.39 Å². The molecule has 1 aromatic carbocycles. The van der Waals surface area contributed by atoms with Crippen molar-refractivity contribution in [1.82, 2.24) is 10.2 Å². The molecule has 98 valence electrons. The third kappa shape index (κ3) is 2.46. The zero-order valence-electron chi connectivity index (χ0n) is 10.3. The van der Waals surface area contributed by atoms with Crippen LogP contribution in [0.5, 0.6) is 5.75 Å². The van der Waals surface area contributed by atoms with Crippen molar-refractivity contribution in [3.05, 3.63) is 29.6 Å². The summed E-state index contributed by atoms with van der Waals surface area (Å²) in [5.74, 6) is -1.47. The Balaban J connectivity index is 2.19. The molecular formula is C13H17FN2O2. The summed E-state index contributed by atoms with van der Waals surface area (Å²) in [6.07, 6.45) is 1.88. The summed E-state index contributed by atoms with van der Waals surface area (Å²) in [4.78, 5) is 13.7. The number of halogens is 1. The standard InChI is InChI=1S/C13H17FN2O2/c1-16(9-4-3-7-15-8-9)13(18)12-10(14)5-2-6-11(12)17/h2,5-6,9,15,17H,3-4,7-8H2,1H3. The number of aromatic hydroxyl groups is 1. The molecule has 1 aromatic rings. The second-order valence-electron chi connectivity index (χ2n) is 4.55. The molecule has 2 rings (SSSR count). The molecule has 1 aliphatic rings. The molecule has 1 unspecified atom stereocenters. The van der Waals surface area contributed by atoms with Crippen molar-refractivity contribution in [2.45, 2.75) is 18.9 Å². The van der Waals surface area contributed by atoms with E-state index >= 15 is 0 Å². The molecular weight excluding hydrogens is 235 g/mol. The van der Waals surface area contributed by atoms with E-state index in [9.17, 15) is 14.3 Å². The first-order valence-corrected chi connectivity index (χ1v) is 6.06.